The van der Waals surface area contributed by atoms with Crippen molar-refractivity contribution < 1.29 is 9.84 Å². The van der Waals surface area contributed by atoms with Gasteiger partial charge < -0.3 is 14.7 Å². The SMILES string of the molecule is OCc1nc(N2CCOCC2)ccc1Cl. The molecule has 1 aromatic rings. The molecule has 0 spiro atoms. The molecule has 1 N–H and O–H groups in total. The van der Waals surface area contributed by atoms with E-state index in [1.165, 1.54) is 0 Å². The molecule has 82 valence electrons. The molecule has 0 aromatic carbocycles. The molecular weight excluding hydrogens is 216 g/mol. The summed E-state index contributed by atoms with van der Waals surface area (Å²) in [5.74, 6) is 0.853. The zero-order chi connectivity index (χ0) is 10.7. The van der Waals surface area contributed by atoms with Crippen molar-refractivity contribution in [2.24, 2.45) is 0 Å². The van der Waals surface area contributed by atoms with Gasteiger partial charge in [0.15, 0.2) is 0 Å². The fourth-order valence-electron chi connectivity index (χ4n) is 1.55. The molecule has 0 aliphatic carbocycles. The minimum Gasteiger partial charge on any atom is -0.390 e. The van der Waals surface area contributed by atoms with Gasteiger partial charge in [-0.25, -0.2) is 4.98 Å². The first-order valence-corrected chi connectivity index (χ1v) is 5.28. The summed E-state index contributed by atoms with van der Waals surface area (Å²) in [5.41, 5.74) is 0.528. The van der Waals surface area contributed by atoms with Crippen molar-refractivity contribution in [2.45, 2.75) is 6.61 Å². The van der Waals surface area contributed by atoms with Gasteiger partial charge in [-0.1, -0.05) is 11.6 Å². The number of aliphatic hydroxyl groups excluding tert-OH is 1. The quantitative estimate of drug-likeness (QED) is 0.823. The van der Waals surface area contributed by atoms with E-state index in [1.54, 1.807) is 6.07 Å². The summed E-state index contributed by atoms with van der Waals surface area (Å²) in [4.78, 5) is 6.43. The predicted molar refractivity (Wildman–Crippen MR) is 58.2 cm³/mol. The number of morpholine rings is 1. The third-order valence-corrected chi connectivity index (χ3v) is 2.73. The van der Waals surface area contributed by atoms with Crippen LogP contribution in [0.1, 0.15) is 5.69 Å². The highest BCUT2D eigenvalue weighted by molar-refractivity contribution is 6.31. The van der Waals surface area contributed by atoms with Crippen LogP contribution in [0.2, 0.25) is 5.02 Å². The van der Waals surface area contributed by atoms with Gasteiger partial charge in [0.1, 0.15) is 5.82 Å². The Kier molecular flexibility index (Phi) is 3.41. The number of rotatable bonds is 2. The minimum atomic E-state index is -0.128. The van der Waals surface area contributed by atoms with E-state index in [0.717, 1.165) is 32.1 Å². The standard InChI is InChI=1S/C10H13ClN2O2/c11-8-1-2-10(12-9(8)7-14)13-3-5-15-6-4-13/h1-2,14H,3-7H2. The summed E-state index contributed by atoms with van der Waals surface area (Å²) in [6.07, 6.45) is 0. The van der Waals surface area contributed by atoms with Gasteiger partial charge >= 0.3 is 0 Å². The van der Waals surface area contributed by atoms with Gasteiger partial charge in [-0.05, 0) is 12.1 Å². The monoisotopic (exact) mass is 228 g/mol. The van der Waals surface area contributed by atoms with E-state index in [1.807, 2.05) is 6.07 Å². The minimum absolute atomic E-state index is 0.128. The van der Waals surface area contributed by atoms with E-state index in [2.05, 4.69) is 9.88 Å². The van der Waals surface area contributed by atoms with Crippen LogP contribution >= 0.6 is 11.6 Å². The molecule has 1 aromatic heterocycles. The molecule has 1 aliphatic rings. The third-order valence-electron chi connectivity index (χ3n) is 2.39. The number of nitrogens with zero attached hydrogens (tertiary/aromatic N) is 2. The highest BCUT2D eigenvalue weighted by Gasteiger charge is 2.13. The van der Waals surface area contributed by atoms with E-state index in [9.17, 15) is 0 Å². The summed E-state index contributed by atoms with van der Waals surface area (Å²) in [6.45, 7) is 2.98. The lowest BCUT2D eigenvalue weighted by atomic mass is 10.3. The number of aromatic nitrogens is 1. The number of hydrogen-bond donors (Lipinski definition) is 1. The van der Waals surface area contributed by atoms with Gasteiger partial charge in [0.05, 0.1) is 30.5 Å². The maximum Gasteiger partial charge on any atom is 0.129 e. The Hall–Kier alpha value is -0.840. The average Bonchev–Trinajstić information content (AvgIpc) is 2.31. The molecule has 1 saturated heterocycles. The van der Waals surface area contributed by atoms with E-state index < -0.39 is 0 Å². The molecule has 5 heteroatoms. The van der Waals surface area contributed by atoms with Gasteiger partial charge in [-0.2, -0.15) is 0 Å². The lowest BCUT2D eigenvalue weighted by molar-refractivity contribution is 0.122. The molecule has 2 heterocycles. The van der Waals surface area contributed by atoms with Crippen molar-refractivity contribution in [3.05, 3.63) is 22.8 Å². The van der Waals surface area contributed by atoms with Crippen LogP contribution in [0.3, 0.4) is 0 Å². The normalized spacial score (nSPS) is 16.8. The summed E-state index contributed by atoms with van der Waals surface area (Å²) in [6, 6.07) is 3.64. The highest BCUT2D eigenvalue weighted by atomic mass is 35.5. The van der Waals surface area contributed by atoms with E-state index in [0.29, 0.717) is 10.7 Å². The molecule has 0 atom stereocenters. The first kappa shape index (κ1) is 10.7. The van der Waals surface area contributed by atoms with Crippen molar-refractivity contribution in [3.63, 3.8) is 0 Å². The van der Waals surface area contributed by atoms with Crippen LogP contribution in [0.4, 0.5) is 5.82 Å². The van der Waals surface area contributed by atoms with Crippen LogP contribution in [0, 0.1) is 0 Å². The van der Waals surface area contributed by atoms with Crippen LogP contribution in [-0.2, 0) is 11.3 Å². The Balaban J connectivity index is 2.20. The van der Waals surface area contributed by atoms with Crippen molar-refractivity contribution in [1.29, 1.82) is 0 Å². The maximum absolute atomic E-state index is 9.05. The van der Waals surface area contributed by atoms with E-state index in [-0.39, 0.29) is 6.61 Å². The summed E-state index contributed by atoms with van der Waals surface area (Å²) in [7, 11) is 0. The van der Waals surface area contributed by atoms with Crippen LogP contribution in [-0.4, -0.2) is 36.4 Å². The zero-order valence-corrected chi connectivity index (χ0v) is 9.07. The summed E-state index contributed by atoms with van der Waals surface area (Å²) >= 11 is 5.87. The molecule has 0 amide bonds. The van der Waals surface area contributed by atoms with Crippen molar-refractivity contribution in [2.75, 3.05) is 31.2 Å². The molecule has 1 fully saturated rings. The summed E-state index contributed by atoms with van der Waals surface area (Å²) in [5, 5.41) is 9.56. The number of hydrogen-bond acceptors (Lipinski definition) is 4. The topological polar surface area (TPSA) is 45.6 Å². The van der Waals surface area contributed by atoms with Crippen LogP contribution in [0.25, 0.3) is 0 Å². The second kappa shape index (κ2) is 4.79. The Morgan fingerprint density at radius 3 is 2.80 bits per heavy atom. The lowest BCUT2D eigenvalue weighted by Crippen LogP contribution is -2.36. The number of halogens is 1. The Morgan fingerprint density at radius 1 is 1.40 bits per heavy atom. The first-order valence-electron chi connectivity index (χ1n) is 4.90. The molecule has 2 rings (SSSR count). The number of anilines is 1. The van der Waals surface area contributed by atoms with Gasteiger partial charge in [-0.3, -0.25) is 0 Å². The predicted octanol–water partition coefficient (Wildman–Crippen LogP) is 1.06. The third kappa shape index (κ3) is 2.40. The van der Waals surface area contributed by atoms with E-state index in [4.69, 9.17) is 21.4 Å². The maximum atomic E-state index is 9.05. The fraction of sp³-hybridized carbons (Fsp3) is 0.500. The lowest BCUT2D eigenvalue weighted by Gasteiger charge is -2.28. The van der Waals surface area contributed by atoms with Crippen molar-refractivity contribution >= 4 is 17.4 Å². The largest absolute Gasteiger partial charge is 0.390 e. The van der Waals surface area contributed by atoms with E-state index >= 15 is 0 Å². The first-order chi connectivity index (χ1) is 7.31. The summed E-state index contributed by atoms with van der Waals surface area (Å²) < 4.78 is 5.26. The van der Waals surface area contributed by atoms with Gasteiger partial charge in [0, 0.05) is 13.1 Å². The number of pyridine rings is 1. The molecule has 0 radical (unpaired) electrons. The smallest absolute Gasteiger partial charge is 0.129 e. The van der Waals surface area contributed by atoms with Crippen molar-refractivity contribution in [1.82, 2.24) is 4.98 Å². The molecule has 0 unspecified atom stereocenters. The Morgan fingerprint density at radius 2 is 2.13 bits per heavy atom. The van der Waals surface area contributed by atoms with Gasteiger partial charge in [0.25, 0.3) is 0 Å². The molecule has 0 bridgehead atoms. The van der Waals surface area contributed by atoms with Crippen LogP contribution in [0.5, 0.6) is 0 Å². The van der Waals surface area contributed by atoms with Crippen molar-refractivity contribution in [3.8, 4) is 0 Å². The Bertz CT molecular complexity index is 340. The molecule has 0 saturated carbocycles. The zero-order valence-electron chi connectivity index (χ0n) is 8.32. The van der Waals surface area contributed by atoms with Gasteiger partial charge in [0.2, 0.25) is 0 Å². The molecule has 15 heavy (non-hydrogen) atoms. The molecule has 1 aliphatic heterocycles. The fourth-order valence-corrected chi connectivity index (χ4v) is 1.72. The highest BCUT2D eigenvalue weighted by Crippen LogP contribution is 2.19. The Labute approximate surface area is 93.4 Å². The second-order valence-electron chi connectivity index (χ2n) is 3.36. The number of ether oxygens (including phenoxy) is 1. The molecule has 4 nitrogen and oxygen atoms in total. The molecular formula is C10H13ClN2O2. The average molecular weight is 229 g/mol. The van der Waals surface area contributed by atoms with Gasteiger partial charge in [-0.15, -0.1) is 0 Å². The number of aliphatic hydroxyl groups is 1. The van der Waals surface area contributed by atoms with Crippen LogP contribution in [0.15, 0.2) is 12.1 Å². The van der Waals surface area contributed by atoms with Crippen LogP contribution < -0.4 is 4.90 Å². The second-order valence-corrected chi connectivity index (χ2v) is 3.76.